The minimum Gasteiger partial charge on any atom is -0.346 e. The van der Waals surface area contributed by atoms with Crippen LogP contribution in [0.1, 0.15) is 68.1 Å². The molecule has 2 aromatic carbocycles. The number of hydrogen-bond donors (Lipinski definition) is 1. The van der Waals surface area contributed by atoms with Gasteiger partial charge in [0.05, 0.1) is 11.1 Å². The van der Waals surface area contributed by atoms with Crippen LogP contribution < -0.4 is 5.32 Å². The van der Waals surface area contributed by atoms with E-state index in [0.717, 1.165) is 18.4 Å². The fraction of sp³-hybridized carbons (Fsp3) is 0.435. The minimum absolute atomic E-state index is 0.0131. The summed E-state index contributed by atoms with van der Waals surface area (Å²) in [4.78, 5) is 12.8. The summed E-state index contributed by atoms with van der Waals surface area (Å²) >= 11 is 6.18. The van der Waals surface area contributed by atoms with Crippen LogP contribution in [-0.2, 0) is 15.4 Å². The van der Waals surface area contributed by atoms with Crippen LogP contribution in [0.4, 0.5) is 0 Å². The average Bonchev–Trinajstić information content (AvgIpc) is 3.23. The third kappa shape index (κ3) is 4.88. The second-order valence-electron chi connectivity index (χ2n) is 8.82. The predicted octanol–water partition coefficient (Wildman–Crippen LogP) is 4.91. The van der Waals surface area contributed by atoms with Crippen molar-refractivity contribution in [2.75, 3.05) is 13.1 Å². The monoisotopic (exact) mass is 448 g/mol. The Hall–Kier alpha value is -1.89. The first-order valence-electron chi connectivity index (χ1n) is 10.2. The quantitative estimate of drug-likeness (QED) is 0.706. The Morgan fingerprint density at radius 1 is 1.07 bits per heavy atom. The molecular formula is C23H29ClN2O3S. The van der Waals surface area contributed by atoms with Gasteiger partial charge in [0.1, 0.15) is 4.90 Å². The molecule has 3 rings (SSSR count). The molecule has 7 heteroatoms. The van der Waals surface area contributed by atoms with Gasteiger partial charge in [-0.3, -0.25) is 4.79 Å². The van der Waals surface area contributed by atoms with Crippen LogP contribution in [0, 0.1) is 0 Å². The number of amides is 1. The molecule has 30 heavy (non-hydrogen) atoms. The average molecular weight is 449 g/mol. The highest BCUT2D eigenvalue weighted by Crippen LogP contribution is 2.29. The van der Waals surface area contributed by atoms with E-state index >= 15 is 0 Å². The van der Waals surface area contributed by atoms with Gasteiger partial charge in [-0.25, -0.2) is 8.42 Å². The van der Waals surface area contributed by atoms with E-state index < -0.39 is 10.0 Å². The van der Waals surface area contributed by atoms with Crippen LogP contribution >= 0.6 is 11.6 Å². The summed E-state index contributed by atoms with van der Waals surface area (Å²) in [5, 5.41) is 3.08. The van der Waals surface area contributed by atoms with Gasteiger partial charge in [-0.2, -0.15) is 4.31 Å². The lowest BCUT2D eigenvalue weighted by molar-refractivity contribution is 0.0939. The van der Waals surface area contributed by atoms with Gasteiger partial charge >= 0.3 is 0 Å². The van der Waals surface area contributed by atoms with E-state index in [9.17, 15) is 13.2 Å². The molecule has 0 spiro atoms. The van der Waals surface area contributed by atoms with E-state index in [0.29, 0.717) is 13.1 Å². The van der Waals surface area contributed by atoms with Crippen LogP contribution in [0.25, 0.3) is 0 Å². The maximum atomic E-state index is 12.9. The summed E-state index contributed by atoms with van der Waals surface area (Å²) in [6.45, 7) is 9.33. The Balaban J connectivity index is 1.78. The molecule has 162 valence electrons. The molecule has 1 N–H and O–H groups in total. The van der Waals surface area contributed by atoms with Crippen molar-refractivity contribution in [2.45, 2.75) is 56.9 Å². The van der Waals surface area contributed by atoms with Gasteiger partial charge in [0.2, 0.25) is 10.0 Å². The zero-order chi connectivity index (χ0) is 22.1. The molecule has 0 unspecified atom stereocenters. The standard InChI is InChI=1S/C23H29ClN2O3S/c1-16(17-7-10-19(11-8-17)23(2,3)4)25-22(27)18-9-12-20(24)21(15-18)30(28,29)26-13-5-6-14-26/h7-12,15-16H,5-6,13-14H2,1-4H3,(H,25,27)/t16-/m0/s1. The Labute approximate surface area is 184 Å². The van der Waals surface area contributed by atoms with Crippen molar-refractivity contribution in [1.82, 2.24) is 9.62 Å². The molecule has 0 bridgehead atoms. The Bertz CT molecular complexity index is 1020. The van der Waals surface area contributed by atoms with E-state index in [4.69, 9.17) is 11.6 Å². The molecule has 1 atom stereocenters. The van der Waals surface area contributed by atoms with Crippen LogP contribution in [0.15, 0.2) is 47.4 Å². The molecular weight excluding hydrogens is 420 g/mol. The van der Waals surface area contributed by atoms with E-state index in [2.05, 4.69) is 38.2 Å². The van der Waals surface area contributed by atoms with Crippen molar-refractivity contribution in [3.63, 3.8) is 0 Å². The van der Waals surface area contributed by atoms with Crippen LogP contribution in [0.5, 0.6) is 0 Å². The fourth-order valence-electron chi connectivity index (χ4n) is 3.54. The topological polar surface area (TPSA) is 66.5 Å². The smallest absolute Gasteiger partial charge is 0.251 e. The van der Waals surface area contributed by atoms with Crippen LogP contribution in [0.3, 0.4) is 0 Å². The van der Waals surface area contributed by atoms with Crippen molar-refractivity contribution < 1.29 is 13.2 Å². The van der Waals surface area contributed by atoms with Crippen molar-refractivity contribution in [1.29, 1.82) is 0 Å². The third-order valence-corrected chi connectivity index (χ3v) is 7.88. The first-order valence-corrected chi connectivity index (χ1v) is 12.0. The number of nitrogens with one attached hydrogen (secondary N) is 1. The summed E-state index contributed by atoms with van der Waals surface area (Å²) in [6, 6.07) is 12.3. The first kappa shape index (κ1) is 22.8. The number of rotatable bonds is 5. The van der Waals surface area contributed by atoms with Crippen LogP contribution in [0.2, 0.25) is 5.02 Å². The largest absolute Gasteiger partial charge is 0.346 e. The molecule has 1 aliphatic rings. The normalized spacial score (nSPS) is 16.4. The highest BCUT2D eigenvalue weighted by Gasteiger charge is 2.30. The van der Waals surface area contributed by atoms with Crippen LogP contribution in [-0.4, -0.2) is 31.7 Å². The molecule has 1 amide bonds. The first-order chi connectivity index (χ1) is 14.0. The molecule has 1 saturated heterocycles. The maximum Gasteiger partial charge on any atom is 0.251 e. The summed E-state index contributed by atoms with van der Waals surface area (Å²) in [5.74, 6) is -0.336. The van der Waals surface area contributed by atoms with Gasteiger partial charge in [0.25, 0.3) is 5.91 Å². The van der Waals surface area contributed by atoms with Gasteiger partial charge in [-0.15, -0.1) is 0 Å². The van der Waals surface area contributed by atoms with Gasteiger partial charge in [-0.1, -0.05) is 56.6 Å². The SMILES string of the molecule is C[C@H](NC(=O)c1ccc(Cl)c(S(=O)(=O)N2CCCC2)c1)c1ccc(C(C)(C)C)cc1. The number of carbonyl (C=O) groups excluding carboxylic acids is 1. The zero-order valence-corrected chi connectivity index (χ0v) is 19.5. The van der Waals surface area contributed by atoms with E-state index in [1.807, 2.05) is 19.1 Å². The summed E-state index contributed by atoms with van der Waals surface area (Å²) in [6.07, 6.45) is 1.67. The number of benzene rings is 2. The van der Waals surface area contributed by atoms with Crippen molar-refractivity contribution in [2.24, 2.45) is 0 Å². The summed E-state index contributed by atoms with van der Waals surface area (Å²) < 4.78 is 27.2. The number of hydrogen-bond acceptors (Lipinski definition) is 3. The minimum atomic E-state index is -3.70. The molecule has 1 heterocycles. The summed E-state index contributed by atoms with van der Waals surface area (Å²) in [5.41, 5.74) is 2.54. The number of nitrogens with zero attached hydrogens (tertiary/aromatic N) is 1. The highest BCUT2D eigenvalue weighted by atomic mass is 35.5. The van der Waals surface area contributed by atoms with E-state index in [-0.39, 0.29) is 32.8 Å². The second-order valence-corrected chi connectivity index (χ2v) is 11.1. The van der Waals surface area contributed by atoms with Crippen molar-refractivity contribution >= 4 is 27.5 Å². The Morgan fingerprint density at radius 3 is 2.23 bits per heavy atom. The predicted molar refractivity (Wildman–Crippen MR) is 120 cm³/mol. The molecule has 1 aliphatic heterocycles. The Kier molecular flexibility index (Phi) is 6.60. The van der Waals surface area contributed by atoms with Gasteiger partial charge < -0.3 is 5.32 Å². The lowest BCUT2D eigenvalue weighted by Crippen LogP contribution is -2.29. The zero-order valence-electron chi connectivity index (χ0n) is 17.9. The van der Waals surface area contributed by atoms with E-state index in [1.54, 1.807) is 6.07 Å². The summed E-state index contributed by atoms with van der Waals surface area (Å²) in [7, 11) is -3.70. The van der Waals surface area contributed by atoms with Crippen molar-refractivity contribution in [3.05, 3.63) is 64.2 Å². The molecule has 0 aromatic heterocycles. The molecule has 2 aromatic rings. The molecule has 0 radical (unpaired) electrons. The Morgan fingerprint density at radius 2 is 1.67 bits per heavy atom. The second kappa shape index (κ2) is 8.69. The van der Waals surface area contributed by atoms with Gasteiger partial charge in [0.15, 0.2) is 0 Å². The highest BCUT2D eigenvalue weighted by molar-refractivity contribution is 7.89. The number of halogens is 1. The van der Waals surface area contributed by atoms with Gasteiger partial charge in [0, 0.05) is 18.7 Å². The maximum absolute atomic E-state index is 12.9. The molecule has 0 saturated carbocycles. The number of carbonyl (C=O) groups is 1. The molecule has 5 nitrogen and oxygen atoms in total. The lowest BCUT2D eigenvalue weighted by Gasteiger charge is -2.21. The number of sulfonamides is 1. The third-order valence-electron chi connectivity index (χ3n) is 5.50. The fourth-order valence-corrected chi connectivity index (χ4v) is 5.56. The molecule has 1 fully saturated rings. The molecule has 0 aliphatic carbocycles. The van der Waals surface area contributed by atoms with E-state index in [1.165, 1.54) is 22.0 Å². The van der Waals surface area contributed by atoms with Crippen molar-refractivity contribution in [3.8, 4) is 0 Å². The van der Waals surface area contributed by atoms with Gasteiger partial charge in [-0.05, 0) is 54.5 Å². The lowest BCUT2D eigenvalue weighted by atomic mass is 9.86.